The van der Waals surface area contributed by atoms with E-state index in [4.69, 9.17) is 19.4 Å². The first-order valence-electron chi connectivity index (χ1n) is 12.5. The molecule has 0 bridgehead atoms. The summed E-state index contributed by atoms with van der Waals surface area (Å²) in [5.41, 5.74) is 2.02. The maximum absolute atomic E-state index is 9.80. The molecular formula is C29H30BClN8. The number of hydrogen-bond donors (Lipinski definition) is 2. The summed E-state index contributed by atoms with van der Waals surface area (Å²) in [7, 11) is 7.09. The summed E-state index contributed by atoms with van der Waals surface area (Å²) in [4.78, 5) is 4.45. The minimum Gasteiger partial charge on any atom is -0.383 e. The van der Waals surface area contributed by atoms with E-state index < -0.39 is 5.44 Å². The quantitative estimate of drug-likeness (QED) is 0.294. The lowest BCUT2D eigenvalue weighted by molar-refractivity contribution is 0.347. The Kier molecular flexibility index (Phi) is 7.34. The highest BCUT2D eigenvalue weighted by Crippen LogP contribution is 2.37. The summed E-state index contributed by atoms with van der Waals surface area (Å²) in [5.74, 6) is 0. The second-order valence-corrected chi connectivity index (χ2v) is 12.2. The highest BCUT2D eigenvalue weighted by molar-refractivity contribution is 6.36. The van der Waals surface area contributed by atoms with Crippen LogP contribution in [-0.4, -0.2) is 34.4 Å². The average Bonchev–Trinajstić information content (AvgIpc) is 3.39. The molecule has 0 aliphatic carbocycles. The molecule has 4 rings (SSSR count). The fraction of sp³-hybridized carbons (Fsp3) is 0.345. The lowest BCUT2D eigenvalue weighted by atomic mass is 9.69. The minimum absolute atomic E-state index is 0.0287. The Bertz CT molecular complexity index is 1620. The fourth-order valence-electron chi connectivity index (χ4n) is 4.08. The second-order valence-electron chi connectivity index (χ2n) is 11.8. The molecule has 1 atom stereocenters. The molecule has 196 valence electrons. The van der Waals surface area contributed by atoms with E-state index in [1.165, 1.54) is 6.20 Å². The maximum Gasteiger partial charge on any atom is 0.119 e. The van der Waals surface area contributed by atoms with E-state index in [0.29, 0.717) is 56.2 Å². The van der Waals surface area contributed by atoms with Crippen molar-refractivity contribution in [2.45, 2.75) is 52.5 Å². The van der Waals surface area contributed by atoms with E-state index in [9.17, 15) is 10.5 Å². The van der Waals surface area contributed by atoms with Gasteiger partial charge in [-0.05, 0) is 56.0 Å². The summed E-state index contributed by atoms with van der Waals surface area (Å²) in [6, 6.07) is 15.0. The van der Waals surface area contributed by atoms with Crippen molar-refractivity contribution >= 4 is 41.7 Å². The summed E-state index contributed by atoms with van der Waals surface area (Å²) in [6.45, 7) is 13.0. The van der Waals surface area contributed by atoms with E-state index in [-0.39, 0.29) is 11.0 Å². The van der Waals surface area contributed by atoms with Crippen LogP contribution in [0.2, 0.25) is 5.02 Å². The van der Waals surface area contributed by atoms with Gasteiger partial charge in [0.05, 0.1) is 50.6 Å². The smallest absolute Gasteiger partial charge is 0.119 e. The first-order chi connectivity index (χ1) is 18.2. The molecule has 4 aromatic rings. The number of pyridine rings is 1. The molecule has 0 amide bonds. The second kappa shape index (κ2) is 10.2. The highest BCUT2D eigenvalue weighted by Gasteiger charge is 2.33. The number of nitriles is 2. The van der Waals surface area contributed by atoms with Gasteiger partial charge in [-0.2, -0.15) is 10.5 Å². The van der Waals surface area contributed by atoms with Crippen LogP contribution in [0, 0.1) is 28.1 Å². The molecule has 0 saturated carbocycles. The van der Waals surface area contributed by atoms with Crippen molar-refractivity contribution in [2.75, 3.05) is 17.2 Å². The van der Waals surface area contributed by atoms with Crippen LogP contribution < -0.4 is 10.6 Å². The predicted molar refractivity (Wildman–Crippen MR) is 156 cm³/mol. The zero-order valence-electron chi connectivity index (χ0n) is 23.0. The van der Waals surface area contributed by atoms with Crippen LogP contribution in [0.4, 0.5) is 11.4 Å². The number of halogens is 1. The number of rotatable bonds is 6. The Morgan fingerprint density at radius 1 is 1.05 bits per heavy atom. The van der Waals surface area contributed by atoms with Crippen molar-refractivity contribution in [2.24, 2.45) is 5.41 Å². The third-order valence-electron chi connectivity index (χ3n) is 6.21. The first kappa shape index (κ1) is 27.9. The summed E-state index contributed by atoms with van der Waals surface area (Å²) in [5, 5.41) is 36.0. The number of nitrogens with one attached hydrogen (secondary N) is 2. The van der Waals surface area contributed by atoms with Gasteiger partial charge in [-0.3, -0.25) is 4.98 Å². The predicted octanol–water partition coefficient (Wildman–Crippen LogP) is 5.92. The number of nitrogens with zero attached hydrogens (tertiary/aromatic N) is 6. The zero-order valence-corrected chi connectivity index (χ0v) is 23.7. The van der Waals surface area contributed by atoms with Gasteiger partial charge in [0.1, 0.15) is 19.6 Å². The number of benzene rings is 2. The van der Waals surface area contributed by atoms with E-state index in [1.807, 2.05) is 32.9 Å². The Hall–Kier alpha value is -4.08. The topological polar surface area (TPSA) is 115 Å². The molecule has 2 aromatic carbocycles. The van der Waals surface area contributed by atoms with Gasteiger partial charge in [0.15, 0.2) is 0 Å². The minimum atomic E-state index is -1.37. The maximum atomic E-state index is 9.80. The summed E-state index contributed by atoms with van der Waals surface area (Å²) in [6.07, 6.45) is 3.32. The molecule has 2 heterocycles. The molecule has 2 aromatic heterocycles. The van der Waals surface area contributed by atoms with Crippen molar-refractivity contribution in [3.8, 4) is 12.1 Å². The van der Waals surface area contributed by atoms with Gasteiger partial charge in [0.2, 0.25) is 0 Å². The van der Waals surface area contributed by atoms with Crippen molar-refractivity contribution in [1.82, 2.24) is 20.0 Å². The van der Waals surface area contributed by atoms with Crippen LogP contribution in [-0.2, 0) is 11.0 Å². The normalized spacial score (nSPS) is 13.4. The molecule has 10 heteroatoms. The number of anilines is 2. The average molecular weight is 537 g/mol. The highest BCUT2D eigenvalue weighted by atomic mass is 35.5. The molecule has 0 fully saturated rings. The van der Waals surface area contributed by atoms with Gasteiger partial charge >= 0.3 is 0 Å². The Morgan fingerprint density at radius 3 is 2.41 bits per heavy atom. The van der Waals surface area contributed by atoms with Crippen LogP contribution in [0.25, 0.3) is 10.9 Å². The van der Waals surface area contributed by atoms with Crippen LogP contribution in [0.3, 0.4) is 0 Å². The molecule has 1 unspecified atom stereocenters. The van der Waals surface area contributed by atoms with E-state index in [1.54, 1.807) is 35.1 Å². The third kappa shape index (κ3) is 5.84. The molecule has 39 heavy (non-hydrogen) atoms. The Balaban J connectivity index is 1.90. The van der Waals surface area contributed by atoms with E-state index >= 15 is 0 Å². The standard InChI is InChI=1S/C29H30BClN8/c1-27(2,3)17-35-25-19(14-33)15-34-26-22(25)11-21(12-23(26)31)36-29(30,20-9-7-8-18(10-20)13-32)24-16-39(38-37-24)28(4,5)6/h7-12,15-16,36H,17H2,1-6H3,(H,34,35). The van der Waals surface area contributed by atoms with Crippen molar-refractivity contribution in [3.05, 3.63) is 76.2 Å². The lowest BCUT2D eigenvalue weighted by Crippen LogP contribution is -2.38. The fourth-order valence-corrected chi connectivity index (χ4v) is 4.35. The number of fused-ring (bicyclic) bond motifs is 1. The van der Waals surface area contributed by atoms with Crippen LogP contribution in [0.1, 0.15) is 63.9 Å². The molecule has 2 radical (unpaired) electrons. The SMILES string of the molecule is [B]C(Nc1cc(Cl)c2ncc(C#N)c(NCC(C)(C)C)c2c1)(c1cccc(C#N)c1)c1cn(C(C)(C)C)nn1. The van der Waals surface area contributed by atoms with Crippen molar-refractivity contribution in [1.29, 1.82) is 10.5 Å². The Labute approximate surface area is 235 Å². The van der Waals surface area contributed by atoms with Gasteiger partial charge in [-0.1, -0.05) is 49.7 Å². The van der Waals surface area contributed by atoms with Gasteiger partial charge < -0.3 is 10.6 Å². The Morgan fingerprint density at radius 2 is 1.79 bits per heavy atom. The molecule has 8 nitrogen and oxygen atoms in total. The van der Waals surface area contributed by atoms with Crippen LogP contribution in [0.5, 0.6) is 0 Å². The van der Waals surface area contributed by atoms with E-state index in [2.05, 4.69) is 58.8 Å². The number of aromatic nitrogens is 4. The molecule has 0 aliphatic rings. The molecule has 0 aliphatic heterocycles. The molecule has 0 spiro atoms. The molecule has 0 saturated heterocycles. The van der Waals surface area contributed by atoms with Gasteiger partial charge in [-0.25, -0.2) is 4.68 Å². The summed E-state index contributed by atoms with van der Waals surface area (Å²) >= 11 is 6.72. The summed E-state index contributed by atoms with van der Waals surface area (Å²) < 4.78 is 1.74. The largest absolute Gasteiger partial charge is 0.383 e. The number of hydrogen-bond acceptors (Lipinski definition) is 7. The zero-order chi connectivity index (χ0) is 28.6. The monoisotopic (exact) mass is 536 g/mol. The van der Waals surface area contributed by atoms with Gasteiger partial charge in [0.25, 0.3) is 0 Å². The molecular weight excluding hydrogens is 507 g/mol. The lowest BCUT2D eigenvalue weighted by Gasteiger charge is -2.32. The van der Waals surface area contributed by atoms with Crippen molar-refractivity contribution < 1.29 is 0 Å². The van der Waals surface area contributed by atoms with Crippen LogP contribution in [0.15, 0.2) is 48.8 Å². The van der Waals surface area contributed by atoms with Gasteiger partial charge in [-0.15, -0.1) is 5.10 Å². The first-order valence-corrected chi connectivity index (χ1v) is 12.9. The molecule has 2 N–H and O–H groups in total. The third-order valence-corrected chi connectivity index (χ3v) is 6.50. The van der Waals surface area contributed by atoms with E-state index in [0.717, 1.165) is 0 Å². The van der Waals surface area contributed by atoms with Crippen molar-refractivity contribution in [3.63, 3.8) is 0 Å². The van der Waals surface area contributed by atoms with Crippen LogP contribution >= 0.6 is 11.6 Å². The van der Waals surface area contributed by atoms with Gasteiger partial charge in [0, 0.05) is 23.8 Å².